The highest BCUT2D eigenvalue weighted by atomic mass is 16.3. The highest BCUT2D eigenvalue weighted by molar-refractivity contribution is 5.98. The van der Waals surface area contributed by atoms with Crippen LogP contribution in [-0.2, 0) is 18.3 Å². The highest BCUT2D eigenvalue weighted by Crippen LogP contribution is 2.56. The fraction of sp³-hybridized carbons (Fsp3) is 0.280. The SMILES string of the molecule is C.CC.CCC1C=CC(CO)c2c(-c3ccccc3)c3c(c(-c4ccc(-c5cccc6c5C(C)(C)C5=C6CC=C5)cc4)c21)-c1ccccc1CC3. The van der Waals surface area contributed by atoms with Crippen molar-refractivity contribution >= 4 is 5.57 Å². The molecule has 0 spiro atoms. The Balaban J connectivity index is 0.00000133. The van der Waals surface area contributed by atoms with E-state index in [0.717, 1.165) is 25.7 Å². The Hall–Kier alpha value is -4.72. The van der Waals surface area contributed by atoms with E-state index in [1.165, 1.54) is 89.0 Å². The first-order valence-electron chi connectivity index (χ1n) is 18.8. The molecule has 9 rings (SSSR count). The summed E-state index contributed by atoms with van der Waals surface area (Å²) in [5, 5.41) is 10.9. The molecule has 0 radical (unpaired) electrons. The van der Waals surface area contributed by atoms with Crippen LogP contribution in [0.1, 0.15) is 100 Å². The van der Waals surface area contributed by atoms with Crippen LogP contribution in [0.2, 0.25) is 0 Å². The van der Waals surface area contributed by atoms with E-state index >= 15 is 0 Å². The van der Waals surface area contributed by atoms with E-state index in [1.54, 1.807) is 0 Å². The van der Waals surface area contributed by atoms with Crippen molar-refractivity contribution < 1.29 is 5.11 Å². The summed E-state index contributed by atoms with van der Waals surface area (Å²) in [6, 6.07) is 36.4. The van der Waals surface area contributed by atoms with Gasteiger partial charge in [0, 0.05) is 17.3 Å². The molecule has 0 aliphatic heterocycles. The van der Waals surface area contributed by atoms with Crippen molar-refractivity contribution in [3.8, 4) is 44.5 Å². The molecule has 0 saturated heterocycles. The molecule has 1 nitrogen and oxygen atoms in total. The molecule has 0 bridgehead atoms. The van der Waals surface area contributed by atoms with Crippen LogP contribution in [0.5, 0.6) is 0 Å². The van der Waals surface area contributed by atoms with Crippen molar-refractivity contribution in [2.45, 2.75) is 85.0 Å². The molecule has 5 aromatic rings. The van der Waals surface area contributed by atoms with Crippen LogP contribution in [0.15, 0.2) is 127 Å². The molecule has 258 valence electrons. The van der Waals surface area contributed by atoms with Crippen molar-refractivity contribution in [1.82, 2.24) is 0 Å². The van der Waals surface area contributed by atoms with Crippen LogP contribution in [0.4, 0.5) is 0 Å². The number of fused-ring (bicyclic) bond motifs is 6. The fourth-order valence-corrected chi connectivity index (χ4v) is 9.60. The van der Waals surface area contributed by atoms with Crippen LogP contribution in [0.25, 0.3) is 50.1 Å². The van der Waals surface area contributed by atoms with Crippen LogP contribution < -0.4 is 0 Å². The summed E-state index contributed by atoms with van der Waals surface area (Å²) in [5.74, 6) is 0.246. The molecule has 4 aliphatic carbocycles. The van der Waals surface area contributed by atoms with Gasteiger partial charge in [0.25, 0.3) is 0 Å². The molecule has 5 aromatic carbocycles. The number of aryl methyl sites for hydroxylation is 1. The van der Waals surface area contributed by atoms with Gasteiger partial charge in [0.15, 0.2) is 0 Å². The Kier molecular flexibility index (Phi) is 9.38. The van der Waals surface area contributed by atoms with Crippen molar-refractivity contribution in [3.05, 3.63) is 160 Å². The van der Waals surface area contributed by atoms with Gasteiger partial charge in [0.1, 0.15) is 0 Å². The van der Waals surface area contributed by atoms with Crippen molar-refractivity contribution in [2.75, 3.05) is 6.61 Å². The first kappa shape index (κ1) is 34.7. The quantitative estimate of drug-likeness (QED) is 0.185. The summed E-state index contributed by atoms with van der Waals surface area (Å²) in [6.45, 7) is 11.2. The molecule has 2 atom stereocenters. The van der Waals surface area contributed by atoms with Gasteiger partial charge in [-0.25, -0.2) is 0 Å². The zero-order valence-corrected chi connectivity index (χ0v) is 30.2. The molecule has 1 heteroatoms. The van der Waals surface area contributed by atoms with Crippen molar-refractivity contribution in [1.29, 1.82) is 0 Å². The van der Waals surface area contributed by atoms with Gasteiger partial charge < -0.3 is 5.11 Å². The molecule has 4 aliphatic rings. The molecular weight excluding hydrogens is 617 g/mol. The van der Waals surface area contributed by atoms with E-state index in [0.29, 0.717) is 0 Å². The van der Waals surface area contributed by atoms with E-state index in [2.05, 4.69) is 142 Å². The minimum Gasteiger partial charge on any atom is -0.395 e. The number of allylic oxidation sites excluding steroid dienone is 5. The first-order chi connectivity index (χ1) is 24.5. The second kappa shape index (κ2) is 13.8. The number of aliphatic hydroxyl groups is 1. The van der Waals surface area contributed by atoms with Gasteiger partial charge in [0.2, 0.25) is 0 Å². The Bertz CT molecular complexity index is 2190. The van der Waals surface area contributed by atoms with E-state index in [-0.39, 0.29) is 31.3 Å². The zero-order valence-electron chi connectivity index (χ0n) is 30.2. The molecular formula is C50H52O. The molecule has 2 unspecified atom stereocenters. The summed E-state index contributed by atoms with van der Waals surface area (Å²) in [6.07, 6.45) is 13.4. The number of aliphatic hydroxyl groups excluding tert-OH is 1. The number of hydrogen-bond donors (Lipinski definition) is 1. The standard InChI is InChI=1S/C47H42O.C2H6.CH4/c1-4-29-20-25-34(28-48)44-41(32-13-6-5-7-14-32)39-27-26-30-12-8-9-15-35(30)45(39)43(42(29)44)33-23-21-31(22-24-33)36-16-10-18-38-37-17-11-19-40(37)47(2,3)46(36)38;1-2;/h5-16,18-25,29,34,48H,4,17,26-28H2,1-3H3;1-2H3;1H4. The van der Waals surface area contributed by atoms with E-state index in [9.17, 15) is 5.11 Å². The van der Waals surface area contributed by atoms with Gasteiger partial charge in [-0.1, -0.05) is 163 Å². The third-order valence-electron chi connectivity index (χ3n) is 11.7. The Morgan fingerprint density at radius 3 is 2.02 bits per heavy atom. The second-order valence-electron chi connectivity index (χ2n) is 14.6. The maximum atomic E-state index is 10.9. The van der Waals surface area contributed by atoms with Gasteiger partial charge in [-0.15, -0.1) is 0 Å². The number of rotatable bonds is 5. The molecule has 0 aromatic heterocycles. The Morgan fingerprint density at radius 1 is 0.647 bits per heavy atom. The Morgan fingerprint density at radius 2 is 1.27 bits per heavy atom. The van der Waals surface area contributed by atoms with Crippen molar-refractivity contribution in [2.24, 2.45) is 0 Å². The van der Waals surface area contributed by atoms with Gasteiger partial charge >= 0.3 is 0 Å². The second-order valence-corrected chi connectivity index (χ2v) is 14.6. The monoisotopic (exact) mass is 668 g/mol. The van der Waals surface area contributed by atoms with Crippen LogP contribution in [0, 0.1) is 0 Å². The summed E-state index contributed by atoms with van der Waals surface area (Å²) in [7, 11) is 0. The first-order valence-corrected chi connectivity index (χ1v) is 18.8. The molecule has 0 fully saturated rings. The maximum absolute atomic E-state index is 10.9. The summed E-state index contributed by atoms with van der Waals surface area (Å²) in [4.78, 5) is 0. The average Bonchev–Trinajstić information content (AvgIpc) is 3.76. The van der Waals surface area contributed by atoms with Gasteiger partial charge in [-0.2, -0.15) is 0 Å². The third-order valence-corrected chi connectivity index (χ3v) is 11.7. The third kappa shape index (κ3) is 5.32. The van der Waals surface area contributed by atoms with Crippen LogP contribution >= 0.6 is 0 Å². The van der Waals surface area contributed by atoms with E-state index < -0.39 is 0 Å². The lowest BCUT2D eigenvalue weighted by Gasteiger charge is -2.36. The Labute approximate surface area is 306 Å². The number of hydrogen-bond acceptors (Lipinski definition) is 1. The average molecular weight is 669 g/mol. The minimum atomic E-state index is -0.0314. The summed E-state index contributed by atoms with van der Waals surface area (Å²) < 4.78 is 0. The van der Waals surface area contributed by atoms with Gasteiger partial charge in [-0.3, -0.25) is 0 Å². The fourth-order valence-electron chi connectivity index (χ4n) is 9.60. The van der Waals surface area contributed by atoms with Crippen LogP contribution in [-0.4, -0.2) is 11.7 Å². The molecule has 0 amide bonds. The lowest BCUT2D eigenvalue weighted by atomic mass is 9.67. The maximum Gasteiger partial charge on any atom is 0.0534 e. The summed E-state index contributed by atoms with van der Waals surface area (Å²) >= 11 is 0. The largest absolute Gasteiger partial charge is 0.395 e. The lowest BCUT2D eigenvalue weighted by molar-refractivity contribution is 0.282. The zero-order chi connectivity index (χ0) is 34.6. The predicted octanol–water partition coefficient (Wildman–Crippen LogP) is 13.3. The molecule has 0 heterocycles. The molecule has 1 N–H and O–H groups in total. The van der Waals surface area contributed by atoms with Crippen molar-refractivity contribution in [3.63, 3.8) is 0 Å². The van der Waals surface area contributed by atoms with E-state index in [1.807, 2.05) is 13.8 Å². The molecule has 51 heavy (non-hydrogen) atoms. The smallest absolute Gasteiger partial charge is 0.0534 e. The van der Waals surface area contributed by atoms with Crippen LogP contribution in [0.3, 0.4) is 0 Å². The number of benzene rings is 5. The minimum absolute atomic E-state index is 0. The molecule has 0 saturated carbocycles. The highest BCUT2D eigenvalue weighted by Gasteiger charge is 2.40. The van der Waals surface area contributed by atoms with Gasteiger partial charge in [-0.05, 0) is 115 Å². The van der Waals surface area contributed by atoms with Gasteiger partial charge in [0.05, 0.1) is 6.61 Å². The lowest BCUT2D eigenvalue weighted by Crippen LogP contribution is -2.19. The van der Waals surface area contributed by atoms with E-state index in [4.69, 9.17) is 0 Å². The predicted molar refractivity (Wildman–Crippen MR) is 219 cm³/mol. The topological polar surface area (TPSA) is 20.2 Å². The normalized spacial score (nSPS) is 18.5. The summed E-state index contributed by atoms with van der Waals surface area (Å²) in [5.41, 5.74) is 22.0.